The molecule has 0 fully saturated rings. The van der Waals surface area contributed by atoms with Gasteiger partial charge in [0.1, 0.15) is 5.58 Å². The second-order valence-corrected chi connectivity index (χ2v) is 8.92. The zero-order chi connectivity index (χ0) is 21.7. The summed E-state index contributed by atoms with van der Waals surface area (Å²) in [4.78, 5) is 28.9. The number of aryl methyl sites for hydroxylation is 2. The molecular formula is C26H20BrNO3. The number of amides is 1. The summed E-state index contributed by atoms with van der Waals surface area (Å²) in [6.45, 7) is 4.24. The predicted octanol–water partition coefficient (Wildman–Crippen LogP) is 5.92. The SMILES string of the molecule is Cc1cc(C)c2oc3c(c(=O)c2c1)C(c1ccc(Br)cc1)N(Cc1ccccc1)C3=O. The van der Waals surface area contributed by atoms with E-state index >= 15 is 0 Å². The van der Waals surface area contributed by atoms with Gasteiger partial charge in [0.25, 0.3) is 5.91 Å². The summed E-state index contributed by atoms with van der Waals surface area (Å²) < 4.78 is 7.06. The number of halogens is 1. The van der Waals surface area contributed by atoms with E-state index in [1.807, 2.05) is 80.6 Å². The second-order valence-electron chi connectivity index (χ2n) is 8.01. The molecule has 4 aromatic rings. The van der Waals surface area contributed by atoms with Gasteiger partial charge in [-0.15, -0.1) is 0 Å². The third-order valence-corrected chi connectivity index (χ3v) is 6.31. The Hall–Kier alpha value is -3.18. The van der Waals surface area contributed by atoms with Gasteiger partial charge in [0.05, 0.1) is 17.0 Å². The lowest BCUT2D eigenvalue weighted by molar-refractivity contribution is 0.0714. The quantitative estimate of drug-likeness (QED) is 0.371. The fourth-order valence-electron chi connectivity index (χ4n) is 4.41. The molecule has 5 heteroatoms. The number of carbonyl (C=O) groups is 1. The highest BCUT2D eigenvalue weighted by atomic mass is 79.9. The first-order chi connectivity index (χ1) is 14.9. The molecule has 0 radical (unpaired) electrons. The number of benzene rings is 3. The van der Waals surface area contributed by atoms with Gasteiger partial charge in [-0.2, -0.15) is 0 Å². The standard InChI is InChI=1S/C26H20BrNO3/c1-15-12-16(2)24-20(13-15)23(29)21-22(18-8-10-19(27)11-9-18)28(26(30)25(21)31-24)14-17-6-4-3-5-7-17/h3-13,22H,14H2,1-2H3. The van der Waals surface area contributed by atoms with Crippen LogP contribution >= 0.6 is 15.9 Å². The first-order valence-corrected chi connectivity index (χ1v) is 10.9. The lowest BCUT2D eigenvalue weighted by Crippen LogP contribution is -2.29. The van der Waals surface area contributed by atoms with Gasteiger partial charge in [0.15, 0.2) is 5.43 Å². The molecule has 1 amide bonds. The van der Waals surface area contributed by atoms with Crippen LogP contribution < -0.4 is 5.43 Å². The van der Waals surface area contributed by atoms with Crippen molar-refractivity contribution in [2.75, 3.05) is 0 Å². The van der Waals surface area contributed by atoms with Gasteiger partial charge in [-0.3, -0.25) is 9.59 Å². The molecule has 4 nitrogen and oxygen atoms in total. The minimum atomic E-state index is -0.503. The topological polar surface area (TPSA) is 50.5 Å². The van der Waals surface area contributed by atoms with E-state index in [2.05, 4.69) is 15.9 Å². The van der Waals surface area contributed by atoms with Crippen LogP contribution in [-0.4, -0.2) is 10.8 Å². The Labute approximate surface area is 188 Å². The van der Waals surface area contributed by atoms with Crippen LogP contribution in [0.4, 0.5) is 0 Å². The van der Waals surface area contributed by atoms with Crippen LogP contribution in [0.5, 0.6) is 0 Å². The largest absolute Gasteiger partial charge is 0.450 e. The summed E-state index contributed by atoms with van der Waals surface area (Å²) in [7, 11) is 0. The van der Waals surface area contributed by atoms with E-state index in [0.29, 0.717) is 23.1 Å². The van der Waals surface area contributed by atoms with E-state index in [9.17, 15) is 9.59 Å². The van der Waals surface area contributed by atoms with Crippen molar-refractivity contribution >= 4 is 32.8 Å². The molecule has 1 aromatic heterocycles. The summed E-state index contributed by atoms with van der Waals surface area (Å²) in [6, 6.07) is 20.8. The minimum Gasteiger partial charge on any atom is -0.450 e. The van der Waals surface area contributed by atoms with Crippen molar-refractivity contribution in [3.05, 3.63) is 115 Å². The van der Waals surface area contributed by atoms with E-state index in [4.69, 9.17) is 4.42 Å². The van der Waals surface area contributed by atoms with Crippen LogP contribution in [0, 0.1) is 13.8 Å². The fraction of sp³-hybridized carbons (Fsp3) is 0.154. The molecule has 2 heterocycles. The molecule has 1 atom stereocenters. The Bertz CT molecular complexity index is 1370. The molecule has 0 N–H and O–H groups in total. The number of rotatable bonds is 3. The van der Waals surface area contributed by atoms with Gasteiger partial charge >= 0.3 is 0 Å². The summed E-state index contributed by atoms with van der Waals surface area (Å²) in [6.07, 6.45) is 0. The molecule has 1 aliphatic rings. The molecule has 0 bridgehead atoms. The highest BCUT2D eigenvalue weighted by Gasteiger charge is 2.42. The summed E-state index contributed by atoms with van der Waals surface area (Å²) in [5.74, 6) is -0.112. The molecule has 0 saturated carbocycles. The first kappa shape index (κ1) is 19.8. The molecule has 1 aliphatic heterocycles. The van der Waals surface area contributed by atoms with Crippen molar-refractivity contribution in [3.8, 4) is 0 Å². The van der Waals surface area contributed by atoms with E-state index in [1.165, 1.54) is 0 Å². The van der Waals surface area contributed by atoms with Gasteiger partial charge in [-0.25, -0.2) is 0 Å². The molecule has 5 rings (SSSR count). The zero-order valence-corrected chi connectivity index (χ0v) is 18.8. The van der Waals surface area contributed by atoms with E-state index in [0.717, 1.165) is 26.7 Å². The maximum atomic E-state index is 13.7. The molecular weight excluding hydrogens is 454 g/mol. The highest BCUT2D eigenvalue weighted by molar-refractivity contribution is 9.10. The van der Waals surface area contributed by atoms with Crippen molar-refractivity contribution in [2.24, 2.45) is 0 Å². The minimum absolute atomic E-state index is 0.139. The summed E-state index contributed by atoms with van der Waals surface area (Å²) in [5, 5.41) is 0.521. The van der Waals surface area contributed by atoms with Crippen LogP contribution in [0.3, 0.4) is 0 Å². The molecule has 0 aliphatic carbocycles. The number of nitrogens with zero attached hydrogens (tertiary/aromatic N) is 1. The van der Waals surface area contributed by atoms with Crippen molar-refractivity contribution < 1.29 is 9.21 Å². The van der Waals surface area contributed by atoms with E-state index in [-0.39, 0.29) is 17.1 Å². The van der Waals surface area contributed by atoms with Gasteiger partial charge in [0.2, 0.25) is 5.76 Å². The molecule has 0 spiro atoms. The van der Waals surface area contributed by atoms with Crippen LogP contribution in [0.25, 0.3) is 11.0 Å². The number of carbonyl (C=O) groups excluding carboxylic acids is 1. The molecule has 154 valence electrons. The summed E-state index contributed by atoms with van der Waals surface area (Å²) >= 11 is 3.47. The van der Waals surface area contributed by atoms with Gasteiger partial charge in [-0.05, 0) is 54.3 Å². The van der Waals surface area contributed by atoms with Crippen LogP contribution in [0.1, 0.15) is 44.4 Å². The maximum Gasteiger partial charge on any atom is 0.291 e. The van der Waals surface area contributed by atoms with Gasteiger partial charge in [-0.1, -0.05) is 64.5 Å². The number of hydrogen-bond donors (Lipinski definition) is 0. The normalized spacial score (nSPS) is 15.5. The predicted molar refractivity (Wildman–Crippen MR) is 124 cm³/mol. The number of fused-ring (bicyclic) bond motifs is 2. The molecule has 3 aromatic carbocycles. The lowest BCUT2D eigenvalue weighted by atomic mass is 9.97. The van der Waals surface area contributed by atoms with Gasteiger partial charge in [0, 0.05) is 11.0 Å². The second kappa shape index (κ2) is 7.50. The monoisotopic (exact) mass is 473 g/mol. The van der Waals surface area contributed by atoms with Gasteiger partial charge < -0.3 is 9.32 Å². The van der Waals surface area contributed by atoms with Crippen molar-refractivity contribution in [1.82, 2.24) is 4.90 Å². The Morgan fingerprint density at radius 3 is 2.39 bits per heavy atom. The van der Waals surface area contributed by atoms with E-state index < -0.39 is 6.04 Å². The lowest BCUT2D eigenvalue weighted by Gasteiger charge is -2.25. The maximum absolute atomic E-state index is 13.7. The van der Waals surface area contributed by atoms with Crippen molar-refractivity contribution in [2.45, 2.75) is 26.4 Å². The van der Waals surface area contributed by atoms with Crippen LogP contribution in [0.15, 0.2) is 80.4 Å². The Balaban J connectivity index is 1.76. The Kier molecular flexibility index (Phi) is 4.78. The molecule has 0 saturated heterocycles. The summed E-state index contributed by atoms with van der Waals surface area (Å²) in [5.41, 5.74) is 4.48. The Morgan fingerprint density at radius 1 is 0.968 bits per heavy atom. The fourth-order valence-corrected chi connectivity index (χ4v) is 4.67. The van der Waals surface area contributed by atoms with Crippen molar-refractivity contribution in [1.29, 1.82) is 0 Å². The zero-order valence-electron chi connectivity index (χ0n) is 17.2. The van der Waals surface area contributed by atoms with Crippen LogP contribution in [0.2, 0.25) is 0 Å². The molecule has 31 heavy (non-hydrogen) atoms. The third kappa shape index (κ3) is 3.29. The average Bonchev–Trinajstić information content (AvgIpc) is 3.03. The van der Waals surface area contributed by atoms with E-state index in [1.54, 1.807) is 4.90 Å². The molecule has 1 unspecified atom stereocenters. The number of hydrogen-bond acceptors (Lipinski definition) is 3. The Morgan fingerprint density at radius 2 is 1.68 bits per heavy atom. The smallest absolute Gasteiger partial charge is 0.291 e. The third-order valence-electron chi connectivity index (χ3n) is 5.78. The first-order valence-electron chi connectivity index (χ1n) is 10.1. The van der Waals surface area contributed by atoms with Crippen LogP contribution in [-0.2, 0) is 6.54 Å². The van der Waals surface area contributed by atoms with Crippen molar-refractivity contribution in [3.63, 3.8) is 0 Å². The average molecular weight is 474 g/mol. The highest BCUT2D eigenvalue weighted by Crippen LogP contribution is 2.39.